The number of aryl methyl sites for hydroxylation is 1. The standard InChI is InChI=1S/C21H34N4O2.HI/c1-6-22-20(25(5)14-19(27)24-21(2,3)4)23-13-17-16-10-8-7-9-15(16)11-12-18(17)26;/h11-12,26H,6-10,13-14H2,1-5H3,(H,22,23)(H,24,27);1H. The number of halogens is 1. The Balaban J connectivity index is 0.00000392. The molecule has 2 rings (SSSR count). The van der Waals surface area contributed by atoms with Crippen LogP contribution in [0.5, 0.6) is 5.75 Å². The molecule has 0 aliphatic heterocycles. The van der Waals surface area contributed by atoms with E-state index in [4.69, 9.17) is 4.99 Å². The number of aliphatic imine (C=N–C) groups is 1. The molecular formula is C21H35IN4O2. The molecule has 0 aromatic heterocycles. The van der Waals surface area contributed by atoms with Crippen LogP contribution in [0.25, 0.3) is 0 Å². The summed E-state index contributed by atoms with van der Waals surface area (Å²) in [6.07, 6.45) is 4.42. The quantitative estimate of drug-likeness (QED) is 0.329. The summed E-state index contributed by atoms with van der Waals surface area (Å²) in [5, 5.41) is 16.6. The van der Waals surface area contributed by atoms with Crippen LogP contribution in [-0.2, 0) is 24.2 Å². The van der Waals surface area contributed by atoms with Crippen molar-refractivity contribution < 1.29 is 9.90 Å². The first-order valence-electron chi connectivity index (χ1n) is 9.84. The number of guanidine groups is 1. The van der Waals surface area contributed by atoms with Crippen LogP contribution in [0.2, 0.25) is 0 Å². The lowest BCUT2D eigenvalue weighted by Crippen LogP contribution is -2.48. The molecule has 1 aliphatic carbocycles. The van der Waals surface area contributed by atoms with Gasteiger partial charge >= 0.3 is 0 Å². The Labute approximate surface area is 186 Å². The van der Waals surface area contributed by atoms with Crippen LogP contribution in [-0.4, -0.2) is 47.5 Å². The molecule has 7 heteroatoms. The number of phenols is 1. The van der Waals surface area contributed by atoms with Crippen molar-refractivity contribution in [2.45, 2.75) is 65.5 Å². The van der Waals surface area contributed by atoms with E-state index in [0.717, 1.165) is 24.8 Å². The Morgan fingerprint density at radius 1 is 1.25 bits per heavy atom. The molecule has 0 bridgehead atoms. The van der Waals surface area contributed by atoms with Gasteiger partial charge in [0.05, 0.1) is 13.1 Å². The molecule has 0 radical (unpaired) electrons. The molecule has 0 atom stereocenters. The van der Waals surface area contributed by atoms with E-state index in [1.165, 1.54) is 17.5 Å². The van der Waals surface area contributed by atoms with Gasteiger partial charge in [-0.3, -0.25) is 4.79 Å². The topological polar surface area (TPSA) is 77.0 Å². The molecule has 28 heavy (non-hydrogen) atoms. The molecule has 0 spiro atoms. The highest BCUT2D eigenvalue weighted by Gasteiger charge is 2.18. The van der Waals surface area contributed by atoms with Crippen LogP contribution in [0, 0.1) is 0 Å². The van der Waals surface area contributed by atoms with Crippen LogP contribution >= 0.6 is 24.0 Å². The number of phenolic OH excluding ortho intramolecular Hbond substituents is 1. The average Bonchev–Trinajstić information content (AvgIpc) is 2.58. The number of nitrogens with one attached hydrogen (secondary N) is 2. The van der Waals surface area contributed by atoms with Gasteiger partial charge in [-0.15, -0.1) is 24.0 Å². The number of hydrogen-bond acceptors (Lipinski definition) is 3. The number of hydrogen-bond donors (Lipinski definition) is 3. The van der Waals surface area contributed by atoms with Gasteiger partial charge in [-0.1, -0.05) is 6.07 Å². The fraction of sp³-hybridized carbons (Fsp3) is 0.619. The van der Waals surface area contributed by atoms with Crippen molar-refractivity contribution in [2.24, 2.45) is 4.99 Å². The maximum absolute atomic E-state index is 12.2. The van der Waals surface area contributed by atoms with Crippen molar-refractivity contribution in [2.75, 3.05) is 20.1 Å². The largest absolute Gasteiger partial charge is 0.508 e. The minimum Gasteiger partial charge on any atom is -0.508 e. The minimum absolute atomic E-state index is 0. The summed E-state index contributed by atoms with van der Waals surface area (Å²) < 4.78 is 0. The first kappa shape index (κ1) is 24.5. The summed E-state index contributed by atoms with van der Waals surface area (Å²) in [7, 11) is 1.85. The lowest BCUT2D eigenvalue weighted by atomic mass is 9.88. The van der Waals surface area contributed by atoms with Crippen molar-refractivity contribution in [3.05, 3.63) is 28.8 Å². The fourth-order valence-corrected chi connectivity index (χ4v) is 3.44. The molecule has 1 aromatic carbocycles. The van der Waals surface area contributed by atoms with Gasteiger partial charge in [-0.05, 0) is 70.6 Å². The fourth-order valence-electron chi connectivity index (χ4n) is 3.44. The van der Waals surface area contributed by atoms with Crippen LogP contribution in [0.1, 0.15) is 57.2 Å². The molecule has 0 fully saturated rings. The Morgan fingerprint density at radius 2 is 1.93 bits per heavy atom. The van der Waals surface area contributed by atoms with E-state index in [-0.39, 0.29) is 42.0 Å². The molecule has 0 saturated carbocycles. The summed E-state index contributed by atoms with van der Waals surface area (Å²) in [5.41, 5.74) is 3.22. The van der Waals surface area contributed by atoms with Gasteiger partial charge in [0.15, 0.2) is 5.96 Å². The SMILES string of the molecule is CCNC(=NCc1c(O)ccc2c1CCCC2)N(C)CC(=O)NC(C)(C)C.I. The number of carbonyl (C=O) groups excluding carboxylic acids is 1. The molecular weight excluding hydrogens is 467 g/mol. The highest BCUT2D eigenvalue weighted by Crippen LogP contribution is 2.31. The summed E-state index contributed by atoms with van der Waals surface area (Å²) in [6, 6.07) is 3.81. The van der Waals surface area contributed by atoms with Crippen LogP contribution in [0.4, 0.5) is 0 Å². The predicted molar refractivity (Wildman–Crippen MR) is 126 cm³/mol. The lowest BCUT2D eigenvalue weighted by Gasteiger charge is -2.25. The monoisotopic (exact) mass is 502 g/mol. The van der Waals surface area contributed by atoms with E-state index in [1.807, 2.05) is 45.7 Å². The summed E-state index contributed by atoms with van der Waals surface area (Å²) in [4.78, 5) is 18.7. The van der Waals surface area contributed by atoms with Crippen molar-refractivity contribution in [1.82, 2.24) is 15.5 Å². The number of likely N-dealkylation sites (N-methyl/N-ethyl adjacent to an activating group) is 1. The lowest BCUT2D eigenvalue weighted by molar-refractivity contribution is -0.122. The molecule has 1 amide bonds. The highest BCUT2D eigenvalue weighted by molar-refractivity contribution is 14.0. The normalized spacial score (nSPS) is 14.0. The van der Waals surface area contributed by atoms with Crippen LogP contribution in [0.3, 0.4) is 0 Å². The van der Waals surface area contributed by atoms with Gasteiger partial charge in [-0.2, -0.15) is 0 Å². The minimum atomic E-state index is -0.262. The van der Waals surface area contributed by atoms with Crippen LogP contribution < -0.4 is 10.6 Å². The molecule has 158 valence electrons. The maximum Gasteiger partial charge on any atom is 0.240 e. The zero-order valence-electron chi connectivity index (χ0n) is 17.8. The maximum atomic E-state index is 12.2. The van der Waals surface area contributed by atoms with Crippen molar-refractivity contribution in [3.63, 3.8) is 0 Å². The van der Waals surface area contributed by atoms with E-state index >= 15 is 0 Å². The van der Waals surface area contributed by atoms with Gasteiger partial charge in [-0.25, -0.2) is 4.99 Å². The second-order valence-electron chi connectivity index (χ2n) is 8.23. The zero-order chi connectivity index (χ0) is 20.0. The van der Waals surface area contributed by atoms with E-state index < -0.39 is 0 Å². The van der Waals surface area contributed by atoms with E-state index in [1.54, 1.807) is 6.07 Å². The zero-order valence-corrected chi connectivity index (χ0v) is 20.1. The number of fused-ring (bicyclic) bond motifs is 1. The first-order chi connectivity index (χ1) is 12.7. The highest BCUT2D eigenvalue weighted by atomic mass is 127. The number of amides is 1. The Hall–Kier alpha value is -1.51. The first-order valence-corrected chi connectivity index (χ1v) is 9.84. The summed E-state index contributed by atoms with van der Waals surface area (Å²) in [6.45, 7) is 9.23. The molecule has 1 aliphatic rings. The Kier molecular flexibility index (Phi) is 9.53. The smallest absolute Gasteiger partial charge is 0.240 e. The predicted octanol–water partition coefficient (Wildman–Crippen LogP) is 3.20. The Bertz CT molecular complexity index is 698. The Morgan fingerprint density at radius 3 is 2.57 bits per heavy atom. The van der Waals surface area contributed by atoms with Crippen molar-refractivity contribution in [1.29, 1.82) is 0 Å². The third-order valence-electron chi connectivity index (χ3n) is 4.60. The summed E-state index contributed by atoms with van der Waals surface area (Å²) >= 11 is 0. The second-order valence-corrected chi connectivity index (χ2v) is 8.23. The van der Waals surface area contributed by atoms with Gasteiger partial charge in [0.2, 0.25) is 5.91 Å². The average molecular weight is 502 g/mol. The molecule has 3 N–H and O–H groups in total. The van der Waals surface area contributed by atoms with Gasteiger partial charge in [0.1, 0.15) is 5.75 Å². The number of carbonyl (C=O) groups is 1. The molecule has 0 saturated heterocycles. The van der Waals surface area contributed by atoms with E-state index in [9.17, 15) is 9.90 Å². The van der Waals surface area contributed by atoms with Gasteiger partial charge in [0.25, 0.3) is 0 Å². The van der Waals surface area contributed by atoms with Crippen molar-refractivity contribution >= 4 is 35.8 Å². The molecule has 0 heterocycles. The number of rotatable bonds is 5. The third-order valence-corrected chi connectivity index (χ3v) is 4.60. The number of aromatic hydroxyl groups is 1. The van der Waals surface area contributed by atoms with Crippen LogP contribution in [0.15, 0.2) is 17.1 Å². The third kappa shape index (κ3) is 7.14. The molecule has 1 aromatic rings. The molecule has 0 unspecified atom stereocenters. The van der Waals surface area contributed by atoms with Crippen molar-refractivity contribution in [3.8, 4) is 5.75 Å². The number of nitrogens with zero attached hydrogens (tertiary/aromatic N) is 2. The van der Waals surface area contributed by atoms with Gasteiger partial charge in [0, 0.05) is 24.7 Å². The summed E-state index contributed by atoms with van der Waals surface area (Å²) in [5.74, 6) is 0.924. The number of benzene rings is 1. The second kappa shape index (κ2) is 10.9. The van der Waals surface area contributed by atoms with E-state index in [2.05, 4.69) is 10.6 Å². The molecule has 6 nitrogen and oxygen atoms in total. The van der Waals surface area contributed by atoms with Gasteiger partial charge < -0.3 is 20.6 Å². The van der Waals surface area contributed by atoms with E-state index in [0.29, 0.717) is 24.8 Å².